The van der Waals surface area contributed by atoms with Gasteiger partial charge in [0, 0.05) is 35.8 Å². The van der Waals surface area contributed by atoms with Gasteiger partial charge in [-0.2, -0.15) is 26.3 Å². The minimum Gasteiger partial charge on any atom is -0.481 e. The van der Waals surface area contributed by atoms with E-state index in [2.05, 4.69) is 15.3 Å². The van der Waals surface area contributed by atoms with Crippen LogP contribution in [0.4, 0.5) is 32.3 Å². The Hall–Kier alpha value is -2.73. The van der Waals surface area contributed by atoms with Gasteiger partial charge in [-0.3, -0.25) is 0 Å². The SMILES string of the molecule is COc1ccc(-c2cc(C(O)C(F)(F)F)c3c(nc4n3CCCN4)c2Cl)c(C(F)(F)F)n1. The molecule has 32 heavy (non-hydrogen) atoms. The summed E-state index contributed by atoms with van der Waals surface area (Å²) in [5, 5.41) is 12.7. The van der Waals surface area contributed by atoms with Crippen molar-refractivity contribution < 1.29 is 36.2 Å². The molecule has 6 nitrogen and oxygen atoms in total. The molecule has 172 valence electrons. The van der Waals surface area contributed by atoms with Gasteiger partial charge in [-0.1, -0.05) is 11.6 Å². The fourth-order valence-corrected chi connectivity index (χ4v) is 3.96. The van der Waals surface area contributed by atoms with E-state index in [0.29, 0.717) is 19.5 Å². The number of benzene rings is 1. The van der Waals surface area contributed by atoms with Crippen molar-refractivity contribution in [1.82, 2.24) is 14.5 Å². The minimum atomic E-state index is -5.07. The topological polar surface area (TPSA) is 72.2 Å². The standard InChI is InChI=1S/C19H15ClF6N4O2/c1-32-11-4-3-8(15(28-11)18(21,22)23)9-7-10(16(31)19(24,25)26)14-13(12(9)20)29-17-27-5-2-6-30(14)17/h3-4,7,16,31H,2,5-6H2,1H3,(H,27,29). The molecule has 2 aromatic heterocycles. The molecule has 1 atom stereocenters. The summed E-state index contributed by atoms with van der Waals surface area (Å²) in [4.78, 5) is 7.62. The minimum absolute atomic E-state index is 0.0965. The number of hydrogen-bond donors (Lipinski definition) is 2. The molecule has 1 aliphatic heterocycles. The molecule has 0 radical (unpaired) electrons. The summed E-state index contributed by atoms with van der Waals surface area (Å²) in [6.45, 7) is 0.801. The molecule has 0 aliphatic carbocycles. The molecule has 0 saturated carbocycles. The first-order valence-electron chi connectivity index (χ1n) is 9.27. The lowest BCUT2D eigenvalue weighted by Crippen LogP contribution is -2.22. The third-order valence-corrected chi connectivity index (χ3v) is 5.45. The number of pyridine rings is 1. The molecule has 2 N–H and O–H groups in total. The van der Waals surface area contributed by atoms with E-state index in [1.807, 2.05) is 0 Å². The van der Waals surface area contributed by atoms with Crippen LogP contribution in [0.5, 0.6) is 5.88 Å². The predicted octanol–water partition coefficient (Wildman–Crippen LogP) is 5.19. The highest BCUT2D eigenvalue weighted by Crippen LogP contribution is 2.46. The largest absolute Gasteiger partial charge is 0.481 e. The smallest absolute Gasteiger partial charge is 0.434 e. The maximum atomic E-state index is 13.7. The van der Waals surface area contributed by atoms with Gasteiger partial charge in [-0.15, -0.1) is 0 Å². The normalized spacial score (nSPS) is 15.4. The van der Waals surface area contributed by atoms with Crippen molar-refractivity contribution in [2.75, 3.05) is 19.0 Å². The highest BCUT2D eigenvalue weighted by Gasteiger charge is 2.43. The Kier molecular flexibility index (Phi) is 5.40. The van der Waals surface area contributed by atoms with Gasteiger partial charge in [-0.05, 0) is 18.6 Å². The van der Waals surface area contributed by atoms with Crippen molar-refractivity contribution in [3.63, 3.8) is 0 Å². The van der Waals surface area contributed by atoms with Crippen molar-refractivity contribution >= 4 is 28.6 Å². The number of nitrogens with zero attached hydrogens (tertiary/aromatic N) is 3. The Balaban J connectivity index is 2.08. The number of alkyl halides is 6. The second-order valence-electron chi connectivity index (χ2n) is 7.08. The van der Waals surface area contributed by atoms with E-state index in [1.54, 1.807) is 0 Å². The van der Waals surface area contributed by atoms with Gasteiger partial charge in [0.1, 0.15) is 5.52 Å². The number of nitrogens with one attached hydrogen (secondary N) is 1. The van der Waals surface area contributed by atoms with Gasteiger partial charge in [0.25, 0.3) is 0 Å². The van der Waals surface area contributed by atoms with Crippen LogP contribution in [0.1, 0.15) is 23.8 Å². The van der Waals surface area contributed by atoms with Crippen molar-refractivity contribution in [2.24, 2.45) is 0 Å². The first kappa shape index (κ1) is 22.5. The van der Waals surface area contributed by atoms with E-state index in [-0.39, 0.29) is 27.9 Å². The van der Waals surface area contributed by atoms with Gasteiger partial charge >= 0.3 is 12.4 Å². The lowest BCUT2D eigenvalue weighted by molar-refractivity contribution is -0.206. The number of aromatic nitrogens is 3. The molecule has 1 aromatic carbocycles. The van der Waals surface area contributed by atoms with Crippen LogP contribution in [-0.4, -0.2) is 39.5 Å². The highest BCUT2D eigenvalue weighted by molar-refractivity contribution is 6.38. The summed E-state index contributed by atoms with van der Waals surface area (Å²) in [5.41, 5.74) is -3.27. The summed E-state index contributed by atoms with van der Waals surface area (Å²) < 4.78 is 87.7. The van der Waals surface area contributed by atoms with Gasteiger partial charge < -0.3 is 19.7 Å². The molecular formula is C19H15ClF6N4O2. The number of aliphatic hydroxyl groups is 1. The number of halogens is 7. The summed E-state index contributed by atoms with van der Waals surface area (Å²) in [7, 11) is 1.13. The number of hydrogen-bond acceptors (Lipinski definition) is 5. The molecule has 0 fully saturated rings. The lowest BCUT2D eigenvalue weighted by atomic mass is 9.97. The van der Waals surface area contributed by atoms with E-state index in [1.165, 1.54) is 4.57 Å². The van der Waals surface area contributed by atoms with Crippen LogP contribution in [0.3, 0.4) is 0 Å². The second kappa shape index (κ2) is 7.69. The Labute approximate surface area is 181 Å². The molecule has 4 rings (SSSR count). The first-order chi connectivity index (χ1) is 14.9. The Morgan fingerprint density at radius 1 is 1.16 bits per heavy atom. The van der Waals surface area contributed by atoms with E-state index in [9.17, 15) is 31.4 Å². The molecule has 3 heterocycles. The van der Waals surface area contributed by atoms with Gasteiger partial charge in [0.05, 0.1) is 17.6 Å². The molecule has 0 spiro atoms. The second-order valence-corrected chi connectivity index (χ2v) is 7.46. The Morgan fingerprint density at radius 2 is 1.88 bits per heavy atom. The number of methoxy groups -OCH3 is 1. The molecule has 1 aliphatic rings. The molecule has 0 saturated heterocycles. The average Bonchev–Trinajstić information content (AvgIpc) is 3.12. The van der Waals surface area contributed by atoms with E-state index in [0.717, 1.165) is 25.3 Å². The number of aryl methyl sites for hydroxylation is 1. The quantitative estimate of drug-likeness (QED) is 0.505. The van der Waals surface area contributed by atoms with Crippen LogP contribution >= 0.6 is 11.6 Å². The Morgan fingerprint density at radius 3 is 2.50 bits per heavy atom. The molecule has 13 heteroatoms. The summed E-state index contributed by atoms with van der Waals surface area (Å²) in [6.07, 6.45) is -12.4. The molecular weight excluding hydrogens is 466 g/mol. The molecule has 3 aromatic rings. The number of fused-ring (bicyclic) bond motifs is 3. The highest BCUT2D eigenvalue weighted by atomic mass is 35.5. The zero-order valence-electron chi connectivity index (χ0n) is 16.3. The molecule has 1 unspecified atom stereocenters. The van der Waals surface area contributed by atoms with E-state index < -0.39 is 40.8 Å². The maximum Gasteiger partial charge on any atom is 0.434 e. The molecule has 0 amide bonds. The number of imidazole rings is 1. The number of rotatable bonds is 3. The number of aliphatic hydroxyl groups excluding tert-OH is 1. The van der Waals surface area contributed by atoms with Gasteiger partial charge in [0.15, 0.2) is 11.8 Å². The maximum absolute atomic E-state index is 13.7. The van der Waals surface area contributed by atoms with E-state index in [4.69, 9.17) is 16.3 Å². The van der Waals surface area contributed by atoms with Crippen molar-refractivity contribution in [3.05, 3.63) is 34.5 Å². The summed E-state index contributed by atoms with van der Waals surface area (Å²) in [6, 6.07) is 2.94. The number of ether oxygens (including phenoxy) is 1. The van der Waals surface area contributed by atoms with Crippen LogP contribution in [-0.2, 0) is 12.7 Å². The summed E-state index contributed by atoms with van der Waals surface area (Å²) in [5.74, 6) is -0.125. The fraction of sp³-hybridized carbons (Fsp3) is 0.368. The zero-order chi connectivity index (χ0) is 23.4. The monoisotopic (exact) mass is 480 g/mol. The molecule has 0 bridgehead atoms. The predicted molar refractivity (Wildman–Crippen MR) is 104 cm³/mol. The van der Waals surface area contributed by atoms with Crippen LogP contribution in [0.25, 0.3) is 22.2 Å². The average molecular weight is 481 g/mol. The zero-order valence-corrected chi connectivity index (χ0v) is 17.0. The summed E-state index contributed by atoms with van der Waals surface area (Å²) >= 11 is 6.39. The van der Waals surface area contributed by atoms with Gasteiger partial charge in [0.2, 0.25) is 11.8 Å². The van der Waals surface area contributed by atoms with Crippen LogP contribution in [0.2, 0.25) is 5.02 Å². The lowest BCUT2D eigenvalue weighted by Gasteiger charge is -2.22. The third-order valence-electron chi connectivity index (χ3n) is 5.07. The van der Waals surface area contributed by atoms with Crippen LogP contribution in [0.15, 0.2) is 18.2 Å². The van der Waals surface area contributed by atoms with Crippen molar-refractivity contribution in [1.29, 1.82) is 0 Å². The van der Waals surface area contributed by atoms with Gasteiger partial charge in [-0.25, -0.2) is 9.97 Å². The van der Waals surface area contributed by atoms with Crippen molar-refractivity contribution in [2.45, 2.75) is 31.4 Å². The fourth-order valence-electron chi connectivity index (χ4n) is 3.67. The van der Waals surface area contributed by atoms with Crippen LogP contribution < -0.4 is 10.1 Å². The van der Waals surface area contributed by atoms with E-state index >= 15 is 0 Å². The van der Waals surface area contributed by atoms with Crippen LogP contribution in [0, 0.1) is 0 Å². The first-order valence-corrected chi connectivity index (χ1v) is 9.65. The number of anilines is 1. The Bertz CT molecular complexity index is 1190. The van der Waals surface area contributed by atoms with Crippen molar-refractivity contribution in [3.8, 4) is 17.0 Å². The third kappa shape index (κ3) is 3.71.